The minimum absolute atomic E-state index is 0.0464. The van der Waals surface area contributed by atoms with Crippen molar-refractivity contribution >= 4 is 33.4 Å². The van der Waals surface area contributed by atoms with Gasteiger partial charge < -0.3 is 30.8 Å². The Hall–Kier alpha value is -4.16. The van der Waals surface area contributed by atoms with Crippen molar-refractivity contribution in [3.63, 3.8) is 0 Å². The van der Waals surface area contributed by atoms with E-state index in [0.717, 1.165) is 57.3 Å². The molecule has 12 heteroatoms. The Morgan fingerprint density at radius 2 is 1.41 bits per heavy atom. The summed E-state index contributed by atoms with van der Waals surface area (Å²) in [5.74, 6) is -0.985. The van der Waals surface area contributed by atoms with Crippen molar-refractivity contribution < 1.29 is 17.6 Å². The van der Waals surface area contributed by atoms with Gasteiger partial charge in [0, 0.05) is 42.0 Å². The van der Waals surface area contributed by atoms with Gasteiger partial charge in [-0.25, -0.2) is 27.5 Å². The highest BCUT2D eigenvalue weighted by Gasteiger charge is 2.40. The number of anilines is 2. The van der Waals surface area contributed by atoms with Crippen LogP contribution in [-0.4, -0.2) is 39.6 Å². The summed E-state index contributed by atoms with van der Waals surface area (Å²) in [4.78, 5) is 19.4. The van der Waals surface area contributed by atoms with Crippen molar-refractivity contribution in [2.45, 2.75) is 88.9 Å². The van der Waals surface area contributed by atoms with Crippen LogP contribution in [0.4, 0.5) is 28.9 Å². The number of halogens is 4. The van der Waals surface area contributed by atoms with E-state index in [0.29, 0.717) is 64.9 Å². The van der Waals surface area contributed by atoms with Gasteiger partial charge in [-0.05, 0) is 82.2 Å². The average molecular weight is 675 g/mol. The molecule has 0 radical (unpaired) electrons. The van der Waals surface area contributed by atoms with Crippen molar-refractivity contribution in [3.05, 3.63) is 82.4 Å². The minimum atomic E-state index is -0.682. The molecule has 5 heterocycles. The second-order valence-electron chi connectivity index (χ2n) is 13.9. The average Bonchev–Trinajstić information content (AvgIpc) is 3.90. The van der Waals surface area contributed by atoms with Crippen LogP contribution in [0, 0.1) is 23.3 Å². The van der Waals surface area contributed by atoms with Gasteiger partial charge in [0.2, 0.25) is 0 Å². The van der Waals surface area contributed by atoms with Crippen LogP contribution in [0.15, 0.2) is 36.4 Å². The standard InChI is InChI=1S/C37H42F4N8/c1-2-7-27(42)36-44-29-16-21(23(38)18-31(29)45-36)33-9-10-34(22-17-30-32(19-24(22)39)47-37(46-30)28-8-6-11-43-28)49(33)20-14-25(40)35(26(41)15-20)48-12-4-3-5-13-48/h14-19,27-28,33-34,43H,2-13,42H2,1H3,(H,44,45)(H,46,47)/t27-,28-,33+,34+/m0/s1. The van der Waals surface area contributed by atoms with Crippen molar-refractivity contribution in [1.82, 2.24) is 25.3 Å². The van der Waals surface area contributed by atoms with Gasteiger partial charge in [0.1, 0.15) is 29.0 Å². The highest BCUT2D eigenvalue weighted by atomic mass is 19.1. The van der Waals surface area contributed by atoms with E-state index >= 15 is 17.6 Å². The number of nitrogens with two attached hydrogens (primary N) is 1. The van der Waals surface area contributed by atoms with E-state index in [4.69, 9.17) is 5.73 Å². The first-order chi connectivity index (χ1) is 23.8. The maximum atomic E-state index is 16.1. The number of H-pyrrole nitrogens is 2. The Morgan fingerprint density at radius 1 is 0.776 bits per heavy atom. The van der Waals surface area contributed by atoms with Gasteiger partial charge in [-0.1, -0.05) is 13.3 Å². The summed E-state index contributed by atoms with van der Waals surface area (Å²) in [6.45, 7) is 4.09. The van der Waals surface area contributed by atoms with Crippen LogP contribution in [0.25, 0.3) is 22.1 Å². The summed E-state index contributed by atoms with van der Waals surface area (Å²) >= 11 is 0. The second-order valence-corrected chi connectivity index (χ2v) is 13.9. The first kappa shape index (κ1) is 32.1. The normalized spacial score (nSPS) is 22.2. The summed E-state index contributed by atoms with van der Waals surface area (Å²) in [6, 6.07) is 7.40. The molecule has 8 rings (SSSR count). The third-order valence-electron chi connectivity index (χ3n) is 10.7. The third kappa shape index (κ3) is 5.82. The number of aromatic nitrogens is 4. The van der Waals surface area contributed by atoms with Crippen molar-refractivity contribution in [2.75, 3.05) is 29.4 Å². The molecule has 4 atom stereocenters. The van der Waals surface area contributed by atoms with Crippen LogP contribution < -0.4 is 20.9 Å². The summed E-state index contributed by atoms with van der Waals surface area (Å²) < 4.78 is 64.2. The fraction of sp³-hybridized carbons (Fsp3) is 0.459. The number of fused-ring (bicyclic) bond motifs is 2. The molecule has 49 heavy (non-hydrogen) atoms. The molecule has 258 valence electrons. The number of nitrogens with one attached hydrogen (secondary N) is 3. The Balaban J connectivity index is 1.23. The van der Waals surface area contributed by atoms with Gasteiger partial charge in [0.15, 0.2) is 11.6 Å². The maximum Gasteiger partial charge on any atom is 0.151 e. The van der Waals surface area contributed by atoms with Gasteiger partial charge in [-0.15, -0.1) is 0 Å². The van der Waals surface area contributed by atoms with Crippen molar-refractivity contribution in [3.8, 4) is 0 Å². The molecule has 0 amide bonds. The van der Waals surface area contributed by atoms with Crippen LogP contribution in [0.2, 0.25) is 0 Å². The van der Waals surface area contributed by atoms with E-state index < -0.39 is 35.4 Å². The second kappa shape index (κ2) is 12.9. The fourth-order valence-electron chi connectivity index (χ4n) is 8.26. The molecule has 3 aromatic carbocycles. The molecule has 3 saturated heterocycles. The zero-order valence-electron chi connectivity index (χ0n) is 27.6. The first-order valence-electron chi connectivity index (χ1n) is 17.7. The Morgan fingerprint density at radius 3 is 2.02 bits per heavy atom. The molecule has 0 saturated carbocycles. The Labute approximate surface area is 282 Å². The van der Waals surface area contributed by atoms with Crippen LogP contribution >= 0.6 is 0 Å². The first-order valence-corrected chi connectivity index (χ1v) is 17.7. The van der Waals surface area contributed by atoms with Crippen LogP contribution in [0.1, 0.15) is 112 Å². The van der Waals surface area contributed by atoms with Gasteiger partial charge in [-0.2, -0.15) is 0 Å². The summed E-state index contributed by atoms with van der Waals surface area (Å²) in [5, 5.41) is 3.42. The number of hydrogen-bond acceptors (Lipinski definition) is 6. The number of imidazole rings is 2. The summed E-state index contributed by atoms with van der Waals surface area (Å²) in [5.41, 5.74) is 9.48. The summed E-state index contributed by atoms with van der Waals surface area (Å²) in [6.07, 6.45) is 7.20. The number of benzene rings is 3. The molecule has 3 aliphatic heterocycles. The minimum Gasteiger partial charge on any atom is -0.367 e. The van der Waals surface area contributed by atoms with Crippen LogP contribution in [-0.2, 0) is 0 Å². The number of hydrogen-bond donors (Lipinski definition) is 4. The number of aromatic amines is 2. The zero-order valence-corrected chi connectivity index (χ0v) is 27.6. The topological polar surface area (TPSA) is 102 Å². The van der Waals surface area contributed by atoms with E-state index in [9.17, 15) is 0 Å². The van der Waals surface area contributed by atoms with Gasteiger partial charge in [0.25, 0.3) is 0 Å². The van der Waals surface area contributed by atoms with E-state index in [1.54, 1.807) is 21.9 Å². The molecular formula is C37H42F4N8. The predicted octanol–water partition coefficient (Wildman–Crippen LogP) is 8.29. The van der Waals surface area contributed by atoms with E-state index in [1.165, 1.54) is 24.3 Å². The molecule has 8 nitrogen and oxygen atoms in total. The molecule has 0 aliphatic carbocycles. The molecule has 2 aromatic heterocycles. The molecule has 0 spiro atoms. The Bertz CT molecular complexity index is 1970. The number of piperidine rings is 1. The molecule has 0 bridgehead atoms. The van der Waals surface area contributed by atoms with E-state index in [2.05, 4.69) is 25.3 Å². The van der Waals surface area contributed by atoms with Gasteiger partial charge >= 0.3 is 0 Å². The lowest BCUT2D eigenvalue weighted by atomic mass is 10.0. The SMILES string of the molecule is CCC[C@H](N)c1nc2cc(F)c([C@H]3CC[C@H](c4cc5[nH]c([C@@H]6CCCN6)nc5cc4F)N3c3cc(F)c(N4CCCCC4)c(F)c3)cc2[nH]1. The highest BCUT2D eigenvalue weighted by molar-refractivity contribution is 5.78. The zero-order chi connectivity index (χ0) is 33.8. The fourth-order valence-corrected chi connectivity index (χ4v) is 8.26. The summed E-state index contributed by atoms with van der Waals surface area (Å²) in [7, 11) is 0. The van der Waals surface area contributed by atoms with Crippen LogP contribution in [0.3, 0.4) is 0 Å². The van der Waals surface area contributed by atoms with Crippen molar-refractivity contribution in [1.29, 1.82) is 0 Å². The monoisotopic (exact) mass is 674 g/mol. The molecule has 5 aromatic rings. The largest absolute Gasteiger partial charge is 0.367 e. The lowest BCUT2D eigenvalue weighted by molar-refractivity contribution is 0.527. The molecular weight excluding hydrogens is 632 g/mol. The lowest BCUT2D eigenvalue weighted by Crippen LogP contribution is -2.32. The lowest BCUT2D eigenvalue weighted by Gasteiger charge is -2.35. The van der Waals surface area contributed by atoms with Gasteiger partial charge in [-0.3, -0.25) is 0 Å². The third-order valence-corrected chi connectivity index (χ3v) is 10.7. The predicted molar refractivity (Wildman–Crippen MR) is 184 cm³/mol. The molecule has 3 fully saturated rings. The maximum absolute atomic E-state index is 16.1. The molecule has 0 unspecified atom stereocenters. The van der Waals surface area contributed by atoms with E-state index in [-0.39, 0.29) is 23.5 Å². The van der Waals surface area contributed by atoms with E-state index in [1.807, 2.05) is 6.92 Å². The highest BCUT2D eigenvalue weighted by Crippen LogP contribution is 2.50. The van der Waals surface area contributed by atoms with Crippen LogP contribution in [0.5, 0.6) is 0 Å². The van der Waals surface area contributed by atoms with Gasteiger partial charge in [0.05, 0.1) is 46.2 Å². The molecule has 3 aliphatic rings. The molecule has 5 N–H and O–H groups in total. The quantitative estimate of drug-likeness (QED) is 0.124. The number of nitrogens with zero attached hydrogens (tertiary/aromatic N) is 4. The number of rotatable bonds is 8. The Kier molecular flexibility index (Phi) is 8.47. The van der Waals surface area contributed by atoms with Crippen molar-refractivity contribution in [2.24, 2.45) is 5.73 Å². The smallest absolute Gasteiger partial charge is 0.151 e.